The first-order valence-electron chi connectivity index (χ1n) is 8.22. The Bertz CT molecular complexity index is 549. The number of carbonyl (C=O) groups excluding carboxylic acids is 1. The highest BCUT2D eigenvalue weighted by molar-refractivity contribution is 5.76. The molecule has 1 saturated heterocycles. The number of ether oxygens (including phenoxy) is 2. The van der Waals surface area contributed by atoms with Crippen molar-refractivity contribution in [3.05, 3.63) is 17.7 Å². The van der Waals surface area contributed by atoms with Crippen molar-refractivity contribution in [3.63, 3.8) is 0 Å². The maximum absolute atomic E-state index is 12.5. The molecule has 2 rings (SSSR count). The highest BCUT2D eigenvalue weighted by Gasteiger charge is 2.25. The van der Waals surface area contributed by atoms with Crippen LogP contribution in [0.5, 0.6) is 11.5 Å². The Labute approximate surface area is 138 Å². The van der Waals surface area contributed by atoms with Crippen molar-refractivity contribution in [2.75, 3.05) is 33.0 Å². The predicted molar refractivity (Wildman–Crippen MR) is 91.8 cm³/mol. The van der Waals surface area contributed by atoms with E-state index in [-0.39, 0.29) is 5.91 Å². The lowest BCUT2D eigenvalue weighted by atomic mass is 9.91. The third-order valence-electron chi connectivity index (χ3n) is 4.42. The van der Waals surface area contributed by atoms with Crippen molar-refractivity contribution in [2.24, 2.45) is 11.8 Å². The topological polar surface area (TPSA) is 64.8 Å². The molecular formula is C18H28N2O3. The third-order valence-corrected chi connectivity index (χ3v) is 4.42. The molecule has 0 aromatic heterocycles. The standard InChI is InChI=1S/C18H28N2O3/c1-12-7-13(2)11-20(10-12)17(21)6-5-14-8-15(19)18(23-4)16(9-14)22-3/h8-9,12-13H,5-7,10-11,19H2,1-4H3. The van der Waals surface area contributed by atoms with Crippen LogP contribution >= 0.6 is 0 Å². The number of likely N-dealkylation sites (tertiary alicyclic amines) is 1. The summed E-state index contributed by atoms with van der Waals surface area (Å²) in [4.78, 5) is 14.5. The highest BCUT2D eigenvalue weighted by atomic mass is 16.5. The molecule has 2 atom stereocenters. The number of carbonyl (C=O) groups is 1. The van der Waals surface area contributed by atoms with E-state index >= 15 is 0 Å². The van der Waals surface area contributed by atoms with Gasteiger partial charge in [0.05, 0.1) is 19.9 Å². The largest absolute Gasteiger partial charge is 0.493 e. The molecule has 1 amide bonds. The van der Waals surface area contributed by atoms with Gasteiger partial charge in [0.1, 0.15) is 0 Å². The summed E-state index contributed by atoms with van der Waals surface area (Å²) in [6.45, 7) is 6.17. The van der Waals surface area contributed by atoms with Crippen LogP contribution in [0.3, 0.4) is 0 Å². The molecule has 0 saturated carbocycles. The minimum absolute atomic E-state index is 0.219. The maximum Gasteiger partial charge on any atom is 0.222 e. The molecule has 2 N–H and O–H groups in total. The Morgan fingerprint density at radius 3 is 2.43 bits per heavy atom. The quantitative estimate of drug-likeness (QED) is 0.847. The van der Waals surface area contributed by atoms with Gasteiger partial charge in [0.25, 0.3) is 0 Å². The van der Waals surface area contributed by atoms with E-state index in [2.05, 4.69) is 13.8 Å². The molecule has 0 radical (unpaired) electrons. The normalized spacial score (nSPS) is 21.1. The van der Waals surface area contributed by atoms with E-state index in [4.69, 9.17) is 15.2 Å². The Kier molecular flexibility index (Phi) is 5.74. The van der Waals surface area contributed by atoms with Gasteiger partial charge in [-0.3, -0.25) is 4.79 Å². The van der Waals surface area contributed by atoms with Crippen LogP contribution in [-0.2, 0) is 11.2 Å². The van der Waals surface area contributed by atoms with E-state index < -0.39 is 0 Å². The molecule has 0 aliphatic carbocycles. The molecule has 0 spiro atoms. The zero-order valence-corrected chi connectivity index (χ0v) is 14.6. The van der Waals surface area contributed by atoms with Gasteiger partial charge in [-0.15, -0.1) is 0 Å². The Balaban J connectivity index is 2.00. The second-order valence-electron chi connectivity index (χ2n) is 6.67. The van der Waals surface area contributed by atoms with Crippen LogP contribution < -0.4 is 15.2 Å². The molecule has 128 valence electrons. The lowest BCUT2D eigenvalue weighted by Gasteiger charge is -2.35. The number of amides is 1. The van der Waals surface area contributed by atoms with Gasteiger partial charge >= 0.3 is 0 Å². The first-order chi connectivity index (χ1) is 10.9. The number of hydrogen-bond acceptors (Lipinski definition) is 4. The fourth-order valence-corrected chi connectivity index (χ4v) is 3.47. The van der Waals surface area contributed by atoms with Gasteiger partial charge in [0.2, 0.25) is 5.91 Å². The van der Waals surface area contributed by atoms with E-state index in [9.17, 15) is 4.79 Å². The average Bonchev–Trinajstić information content (AvgIpc) is 2.50. The first kappa shape index (κ1) is 17.4. The molecule has 1 aliphatic heterocycles. The lowest BCUT2D eigenvalue weighted by Crippen LogP contribution is -2.42. The van der Waals surface area contributed by atoms with Crippen LogP contribution in [-0.4, -0.2) is 38.1 Å². The van der Waals surface area contributed by atoms with E-state index in [1.54, 1.807) is 14.2 Å². The van der Waals surface area contributed by atoms with Gasteiger partial charge in [0, 0.05) is 19.5 Å². The van der Waals surface area contributed by atoms with Crippen LogP contribution in [0, 0.1) is 11.8 Å². The highest BCUT2D eigenvalue weighted by Crippen LogP contribution is 2.34. The van der Waals surface area contributed by atoms with Crippen LogP contribution in [0.25, 0.3) is 0 Å². The molecule has 0 bridgehead atoms. The molecule has 1 heterocycles. The Morgan fingerprint density at radius 2 is 1.87 bits per heavy atom. The zero-order chi connectivity index (χ0) is 17.0. The summed E-state index contributed by atoms with van der Waals surface area (Å²) in [6, 6.07) is 3.75. The van der Waals surface area contributed by atoms with Crippen LogP contribution in [0.1, 0.15) is 32.3 Å². The van der Waals surface area contributed by atoms with Crippen molar-refractivity contribution in [1.82, 2.24) is 4.90 Å². The van der Waals surface area contributed by atoms with E-state index in [1.165, 1.54) is 6.42 Å². The molecule has 1 aromatic carbocycles. The monoisotopic (exact) mass is 320 g/mol. The van der Waals surface area contributed by atoms with Crippen LogP contribution in [0.4, 0.5) is 5.69 Å². The number of benzene rings is 1. The molecule has 2 unspecified atom stereocenters. The average molecular weight is 320 g/mol. The number of nitrogens with zero attached hydrogens (tertiary/aromatic N) is 1. The molecular weight excluding hydrogens is 292 g/mol. The summed E-state index contributed by atoms with van der Waals surface area (Å²) in [7, 11) is 3.15. The van der Waals surface area contributed by atoms with Crippen LogP contribution in [0.15, 0.2) is 12.1 Å². The molecule has 5 nitrogen and oxygen atoms in total. The number of piperidine rings is 1. The number of methoxy groups -OCH3 is 2. The number of anilines is 1. The summed E-state index contributed by atoms with van der Waals surface area (Å²) in [6.07, 6.45) is 2.35. The van der Waals surface area contributed by atoms with Crippen molar-refractivity contribution < 1.29 is 14.3 Å². The van der Waals surface area contributed by atoms with Crippen LogP contribution in [0.2, 0.25) is 0 Å². The Morgan fingerprint density at radius 1 is 1.22 bits per heavy atom. The van der Waals surface area contributed by atoms with Gasteiger partial charge in [-0.05, 0) is 42.4 Å². The SMILES string of the molecule is COc1cc(CCC(=O)N2CC(C)CC(C)C2)cc(N)c1OC. The predicted octanol–water partition coefficient (Wildman–Crippen LogP) is 2.72. The van der Waals surface area contributed by atoms with Crippen molar-refractivity contribution in [3.8, 4) is 11.5 Å². The second kappa shape index (κ2) is 7.57. The number of aryl methyl sites for hydroxylation is 1. The first-order valence-corrected chi connectivity index (χ1v) is 8.22. The third kappa shape index (κ3) is 4.30. The van der Waals surface area contributed by atoms with E-state index in [0.29, 0.717) is 41.9 Å². The number of rotatable bonds is 5. The summed E-state index contributed by atoms with van der Waals surface area (Å²) >= 11 is 0. The summed E-state index contributed by atoms with van der Waals surface area (Å²) in [5.74, 6) is 2.53. The number of nitrogens with two attached hydrogens (primary N) is 1. The number of nitrogen functional groups attached to an aromatic ring is 1. The van der Waals surface area contributed by atoms with Crippen molar-refractivity contribution >= 4 is 11.6 Å². The van der Waals surface area contributed by atoms with Crippen molar-refractivity contribution in [2.45, 2.75) is 33.1 Å². The van der Waals surface area contributed by atoms with E-state index in [1.807, 2.05) is 17.0 Å². The second-order valence-corrected chi connectivity index (χ2v) is 6.67. The fourth-order valence-electron chi connectivity index (χ4n) is 3.47. The molecule has 1 fully saturated rings. The van der Waals surface area contributed by atoms with Gasteiger partial charge in [-0.1, -0.05) is 13.8 Å². The van der Waals surface area contributed by atoms with Gasteiger partial charge < -0.3 is 20.1 Å². The van der Waals surface area contributed by atoms with Gasteiger partial charge in [-0.25, -0.2) is 0 Å². The fraction of sp³-hybridized carbons (Fsp3) is 0.611. The zero-order valence-electron chi connectivity index (χ0n) is 14.6. The lowest BCUT2D eigenvalue weighted by molar-refractivity contribution is -0.133. The van der Waals surface area contributed by atoms with E-state index in [0.717, 1.165) is 18.7 Å². The smallest absolute Gasteiger partial charge is 0.222 e. The summed E-state index contributed by atoms with van der Waals surface area (Å²) in [5, 5.41) is 0. The maximum atomic E-state index is 12.5. The molecule has 5 heteroatoms. The minimum Gasteiger partial charge on any atom is -0.493 e. The summed E-state index contributed by atoms with van der Waals surface area (Å²) < 4.78 is 10.5. The van der Waals surface area contributed by atoms with Gasteiger partial charge in [-0.2, -0.15) is 0 Å². The molecule has 23 heavy (non-hydrogen) atoms. The van der Waals surface area contributed by atoms with Crippen molar-refractivity contribution in [1.29, 1.82) is 0 Å². The molecule has 1 aliphatic rings. The summed E-state index contributed by atoms with van der Waals surface area (Å²) in [5.41, 5.74) is 7.52. The Hall–Kier alpha value is -1.91. The van der Waals surface area contributed by atoms with Gasteiger partial charge in [0.15, 0.2) is 11.5 Å². The molecule has 1 aromatic rings. The minimum atomic E-state index is 0.219. The number of hydrogen-bond donors (Lipinski definition) is 1.